The molecule has 1 aromatic heterocycles. The van der Waals surface area contributed by atoms with Gasteiger partial charge < -0.3 is 14.4 Å². The van der Waals surface area contributed by atoms with Gasteiger partial charge in [-0.15, -0.1) is 0 Å². The zero-order valence-corrected chi connectivity index (χ0v) is 19.2. The Bertz CT molecular complexity index is 873. The van der Waals surface area contributed by atoms with Gasteiger partial charge in [-0.3, -0.25) is 4.79 Å². The van der Waals surface area contributed by atoms with Crippen molar-refractivity contribution in [3.8, 4) is 0 Å². The van der Waals surface area contributed by atoms with Crippen molar-refractivity contribution in [1.82, 2.24) is 19.4 Å². The van der Waals surface area contributed by atoms with Crippen LogP contribution in [0, 0.1) is 5.92 Å². The largest absolute Gasteiger partial charge is 0.339 e. The zero-order chi connectivity index (χ0) is 21.3. The number of aromatic nitrogens is 2. The summed E-state index contributed by atoms with van der Waals surface area (Å²) in [6, 6.07) is 6.51. The lowest BCUT2D eigenvalue weighted by molar-refractivity contribution is 0.0647. The van der Waals surface area contributed by atoms with Crippen molar-refractivity contribution in [3.05, 3.63) is 29.6 Å². The lowest BCUT2D eigenvalue weighted by Crippen LogP contribution is -2.45. The number of fused-ring (bicyclic) bond motifs is 1. The van der Waals surface area contributed by atoms with Gasteiger partial charge in [0.25, 0.3) is 5.91 Å². The third kappa shape index (κ3) is 4.27. The Kier molecular flexibility index (Phi) is 6.47. The lowest BCUT2D eigenvalue weighted by atomic mass is 10.0. The highest BCUT2D eigenvalue weighted by atomic mass is 16.2. The Hall–Kier alpha value is -1.88. The molecule has 164 valence electrons. The van der Waals surface area contributed by atoms with Crippen LogP contribution < -0.4 is 0 Å². The number of benzene rings is 1. The van der Waals surface area contributed by atoms with Crippen LogP contribution in [-0.4, -0.2) is 58.0 Å². The second-order valence-electron chi connectivity index (χ2n) is 9.74. The van der Waals surface area contributed by atoms with Crippen LogP contribution in [0.25, 0.3) is 11.0 Å². The number of amides is 1. The van der Waals surface area contributed by atoms with Gasteiger partial charge >= 0.3 is 0 Å². The van der Waals surface area contributed by atoms with Gasteiger partial charge in [0, 0.05) is 44.2 Å². The average Bonchev–Trinajstić information content (AvgIpc) is 3.40. The van der Waals surface area contributed by atoms with E-state index in [9.17, 15) is 4.79 Å². The van der Waals surface area contributed by atoms with Crippen molar-refractivity contribution < 1.29 is 4.79 Å². The topological polar surface area (TPSA) is 41.4 Å². The van der Waals surface area contributed by atoms with Crippen molar-refractivity contribution in [1.29, 1.82) is 0 Å². The molecule has 4 rings (SSSR count). The van der Waals surface area contributed by atoms with E-state index >= 15 is 0 Å². The van der Waals surface area contributed by atoms with Gasteiger partial charge in [0.1, 0.15) is 5.82 Å². The van der Waals surface area contributed by atoms with Gasteiger partial charge in [0.15, 0.2) is 0 Å². The molecule has 1 saturated carbocycles. The van der Waals surface area contributed by atoms with Crippen LogP contribution in [0.1, 0.15) is 81.4 Å². The van der Waals surface area contributed by atoms with E-state index in [4.69, 9.17) is 4.98 Å². The molecular formula is C25H38N4O. The summed E-state index contributed by atoms with van der Waals surface area (Å²) in [7, 11) is 1.97. The summed E-state index contributed by atoms with van der Waals surface area (Å²) in [6.07, 6.45) is 7.22. The standard InChI is InChI=1S/C25H38N4O/c1-5-28-14-12-21(13-15-28)27(4)25(30)20-10-11-23-22(16-20)26-24(19-8-6-7-9-19)29(23)17-18(2)3/h10-11,16,18-19,21H,5-9,12-15,17H2,1-4H3. The SMILES string of the molecule is CCN1CCC(N(C)C(=O)c2ccc3c(c2)nc(C2CCCC2)n3CC(C)C)CC1. The van der Waals surface area contributed by atoms with E-state index < -0.39 is 0 Å². The highest BCUT2D eigenvalue weighted by Crippen LogP contribution is 2.36. The molecule has 30 heavy (non-hydrogen) atoms. The molecule has 1 aliphatic carbocycles. The number of likely N-dealkylation sites (tertiary alicyclic amines) is 1. The summed E-state index contributed by atoms with van der Waals surface area (Å²) in [4.78, 5) is 22.7. The number of carbonyl (C=O) groups excluding carboxylic acids is 1. The monoisotopic (exact) mass is 410 g/mol. The number of hydrogen-bond acceptors (Lipinski definition) is 3. The van der Waals surface area contributed by atoms with Crippen molar-refractivity contribution in [2.45, 2.75) is 77.8 Å². The molecule has 2 aromatic rings. The molecule has 0 bridgehead atoms. The average molecular weight is 411 g/mol. The molecule has 0 spiro atoms. The van der Waals surface area contributed by atoms with Crippen LogP contribution in [0.2, 0.25) is 0 Å². The van der Waals surface area contributed by atoms with E-state index in [-0.39, 0.29) is 5.91 Å². The molecule has 0 atom stereocenters. The van der Waals surface area contributed by atoms with Crippen LogP contribution in [-0.2, 0) is 6.54 Å². The fourth-order valence-electron chi connectivity index (χ4n) is 5.33. The van der Waals surface area contributed by atoms with Gasteiger partial charge in [0.2, 0.25) is 0 Å². The number of carbonyl (C=O) groups is 1. The number of imidazole rings is 1. The van der Waals surface area contributed by atoms with Crippen LogP contribution in [0.5, 0.6) is 0 Å². The van der Waals surface area contributed by atoms with E-state index in [1.807, 2.05) is 24.1 Å². The maximum Gasteiger partial charge on any atom is 0.253 e. The van der Waals surface area contributed by atoms with E-state index in [1.54, 1.807) is 0 Å². The van der Waals surface area contributed by atoms with Crippen LogP contribution >= 0.6 is 0 Å². The summed E-state index contributed by atoms with van der Waals surface area (Å²) < 4.78 is 2.43. The molecule has 1 saturated heterocycles. The zero-order valence-electron chi connectivity index (χ0n) is 19.2. The normalized spacial score (nSPS) is 19.2. The third-order valence-corrected chi connectivity index (χ3v) is 7.17. The van der Waals surface area contributed by atoms with Gasteiger partial charge in [-0.1, -0.05) is 33.6 Å². The summed E-state index contributed by atoms with van der Waals surface area (Å²) in [5.41, 5.74) is 2.94. The Labute approximate surface area is 181 Å². The minimum atomic E-state index is 0.132. The molecule has 0 unspecified atom stereocenters. The molecule has 5 nitrogen and oxygen atoms in total. The predicted octanol–water partition coefficient (Wildman–Crippen LogP) is 4.91. The maximum absolute atomic E-state index is 13.2. The van der Waals surface area contributed by atoms with Crippen molar-refractivity contribution in [2.24, 2.45) is 5.92 Å². The van der Waals surface area contributed by atoms with E-state index in [2.05, 4.69) is 36.3 Å². The molecule has 2 fully saturated rings. The minimum absolute atomic E-state index is 0.132. The van der Waals surface area contributed by atoms with Crippen LogP contribution in [0.4, 0.5) is 0 Å². The Morgan fingerprint density at radius 2 is 1.87 bits per heavy atom. The minimum Gasteiger partial charge on any atom is -0.339 e. The Morgan fingerprint density at radius 1 is 1.17 bits per heavy atom. The first-order valence-corrected chi connectivity index (χ1v) is 12.0. The van der Waals surface area contributed by atoms with Crippen molar-refractivity contribution in [2.75, 3.05) is 26.7 Å². The molecule has 1 aromatic carbocycles. The summed E-state index contributed by atoms with van der Waals surface area (Å²) >= 11 is 0. The van der Waals surface area contributed by atoms with Crippen molar-refractivity contribution in [3.63, 3.8) is 0 Å². The fraction of sp³-hybridized carbons (Fsp3) is 0.680. The molecular weight excluding hydrogens is 372 g/mol. The van der Waals surface area contributed by atoms with Gasteiger partial charge in [-0.25, -0.2) is 4.98 Å². The number of rotatable bonds is 6. The van der Waals surface area contributed by atoms with E-state index in [1.165, 1.54) is 37.0 Å². The number of piperidine rings is 1. The maximum atomic E-state index is 13.2. The molecule has 5 heteroatoms. The van der Waals surface area contributed by atoms with E-state index in [0.717, 1.165) is 50.1 Å². The smallest absolute Gasteiger partial charge is 0.253 e. The quantitative estimate of drug-likeness (QED) is 0.680. The molecule has 2 heterocycles. The summed E-state index contributed by atoms with van der Waals surface area (Å²) in [6.45, 7) is 11.0. The first-order chi connectivity index (χ1) is 14.5. The third-order valence-electron chi connectivity index (χ3n) is 7.17. The molecule has 1 amide bonds. The van der Waals surface area contributed by atoms with Crippen molar-refractivity contribution >= 4 is 16.9 Å². The summed E-state index contributed by atoms with van der Waals surface area (Å²) in [5, 5.41) is 0. The van der Waals surface area contributed by atoms with Gasteiger partial charge in [-0.05, 0) is 56.3 Å². The fourth-order valence-corrected chi connectivity index (χ4v) is 5.33. The van der Waals surface area contributed by atoms with Gasteiger partial charge in [-0.2, -0.15) is 0 Å². The first kappa shape index (κ1) is 21.4. The second kappa shape index (κ2) is 9.09. The van der Waals surface area contributed by atoms with Crippen LogP contribution in [0.15, 0.2) is 18.2 Å². The highest BCUT2D eigenvalue weighted by Gasteiger charge is 2.27. The molecule has 0 radical (unpaired) electrons. The molecule has 1 aliphatic heterocycles. The highest BCUT2D eigenvalue weighted by molar-refractivity contribution is 5.97. The number of nitrogens with zero attached hydrogens (tertiary/aromatic N) is 4. The second-order valence-corrected chi connectivity index (χ2v) is 9.74. The van der Waals surface area contributed by atoms with Gasteiger partial charge in [0.05, 0.1) is 11.0 Å². The molecule has 2 aliphatic rings. The first-order valence-electron chi connectivity index (χ1n) is 12.0. The molecule has 0 N–H and O–H groups in total. The summed E-state index contributed by atoms with van der Waals surface area (Å²) in [5.74, 6) is 2.51. The lowest BCUT2D eigenvalue weighted by Gasteiger charge is -2.36. The van der Waals surface area contributed by atoms with Crippen LogP contribution in [0.3, 0.4) is 0 Å². The Morgan fingerprint density at radius 3 is 2.50 bits per heavy atom. The van der Waals surface area contributed by atoms with E-state index in [0.29, 0.717) is 17.9 Å². The predicted molar refractivity (Wildman–Crippen MR) is 123 cm³/mol. The Balaban J connectivity index is 1.58. The number of hydrogen-bond donors (Lipinski definition) is 0.